The van der Waals surface area contributed by atoms with Gasteiger partial charge < -0.3 is 15.1 Å². The van der Waals surface area contributed by atoms with Gasteiger partial charge in [-0.25, -0.2) is 8.42 Å². The summed E-state index contributed by atoms with van der Waals surface area (Å²) < 4.78 is 26.6. The number of carbonyl (C=O) groups is 2. The van der Waals surface area contributed by atoms with Gasteiger partial charge in [-0.1, -0.05) is 0 Å². The highest BCUT2D eigenvalue weighted by Crippen LogP contribution is 2.24. The second kappa shape index (κ2) is 9.23. The van der Waals surface area contributed by atoms with E-state index in [4.69, 9.17) is 0 Å². The lowest BCUT2D eigenvalue weighted by molar-refractivity contribution is -0.128. The quantitative estimate of drug-likeness (QED) is 0.680. The Balaban J connectivity index is 1.55. The third-order valence-corrected chi connectivity index (χ3v) is 7.36. The van der Waals surface area contributed by atoms with E-state index < -0.39 is 10.0 Å². The predicted molar refractivity (Wildman–Crippen MR) is 111 cm³/mol. The molecule has 1 aromatic rings. The van der Waals surface area contributed by atoms with E-state index >= 15 is 0 Å². The summed E-state index contributed by atoms with van der Waals surface area (Å²) in [5.74, 6) is -0.575. The van der Waals surface area contributed by atoms with Crippen molar-refractivity contribution in [2.24, 2.45) is 5.92 Å². The number of benzene rings is 1. The number of nitrogens with one attached hydrogen (secondary N) is 1. The second-order valence-corrected chi connectivity index (χ2v) is 9.96. The zero-order valence-electron chi connectivity index (χ0n) is 17.1. The van der Waals surface area contributed by atoms with Crippen LogP contribution in [0.3, 0.4) is 0 Å². The van der Waals surface area contributed by atoms with Crippen molar-refractivity contribution >= 4 is 27.5 Å². The Hall–Kier alpha value is -1.97. The van der Waals surface area contributed by atoms with Gasteiger partial charge in [-0.15, -0.1) is 0 Å². The average molecular weight is 423 g/mol. The van der Waals surface area contributed by atoms with Crippen molar-refractivity contribution in [3.63, 3.8) is 0 Å². The van der Waals surface area contributed by atoms with Crippen molar-refractivity contribution < 1.29 is 18.0 Å². The number of nitrogens with zero attached hydrogens (tertiary/aromatic N) is 3. The molecule has 1 N–H and O–H groups in total. The molecule has 3 rings (SSSR count). The van der Waals surface area contributed by atoms with Crippen LogP contribution in [0.2, 0.25) is 0 Å². The van der Waals surface area contributed by atoms with Crippen LogP contribution < -0.4 is 5.32 Å². The first-order chi connectivity index (χ1) is 13.8. The molecule has 1 aromatic carbocycles. The largest absolute Gasteiger partial charge is 0.342 e. The van der Waals surface area contributed by atoms with E-state index in [0.29, 0.717) is 31.9 Å². The summed E-state index contributed by atoms with van der Waals surface area (Å²) in [6, 6.07) is 6.26. The molecule has 9 heteroatoms. The summed E-state index contributed by atoms with van der Waals surface area (Å²) in [7, 11) is 0.516. The Labute approximate surface area is 172 Å². The molecular formula is C20H30N4O4S. The van der Waals surface area contributed by atoms with Crippen molar-refractivity contribution in [3.05, 3.63) is 24.3 Å². The molecule has 160 valence electrons. The number of amides is 2. The maximum atomic E-state index is 12.6. The zero-order chi connectivity index (χ0) is 21.0. The number of sulfonamides is 1. The van der Waals surface area contributed by atoms with E-state index in [9.17, 15) is 18.0 Å². The third kappa shape index (κ3) is 5.34. The van der Waals surface area contributed by atoms with Crippen LogP contribution in [0.5, 0.6) is 0 Å². The molecule has 8 nitrogen and oxygen atoms in total. The molecule has 0 aromatic heterocycles. The molecule has 2 aliphatic rings. The van der Waals surface area contributed by atoms with Crippen LogP contribution in [0, 0.1) is 5.92 Å². The first-order valence-electron chi connectivity index (χ1n) is 10.1. The van der Waals surface area contributed by atoms with Crippen molar-refractivity contribution in [1.29, 1.82) is 0 Å². The van der Waals surface area contributed by atoms with Crippen LogP contribution in [0.25, 0.3) is 0 Å². The molecular weight excluding hydrogens is 392 g/mol. The molecule has 1 atom stereocenters. The summed E-state index contributed by atoms with van der Waals surface area (Å²) >= 11 is 0. The van der Waals surface area contributed by atoms with Gasteiger partial charge in [0.25, 0.3) is 0 Å². The van der Waals surface area contributed by atoms with Gasteiger partial charge in [-0.05, 0) is 64.2 Å². The zero-order valence-corrected chi connectivity index (χ0v) is 18.0. The first-order valence-corrected chi connectivity index (χ1v) is 11.5. The van der Waals surface area contributed by atoms with Crippen molar-refractivity contribution in [2.75, 3.05) is 52.1 Å². The lowest BCUT2D eigenvalue weighted by Gasteiger charge is -2.18. The van der Waals surface area contributed by atoms with E-state index in [1.807, 2.05) is 14.1 Å². The van der Waals surface area contributed by atoms with Gasteiger partial charge in [-0.3, -0.25) is 9.59 Å². The van der Waals surface area contributed by atoms with E-state index in [2.05, 4.69) is 10.2 Å². The maximum absolute atomic E-state index is 12.6. The normalized spacial score (nSPS) is 20.6. The number of anilines is 1. The van der Waals surface area contributed by atoms with Crippen molar-refractivity contribution in [2.45, 2.75) is 30.6 Å². The summed E-state index contributed by atoms with van der Waals surface area (Å²) in [6.45, 7) is 3.10. The Morgan fingerprint density at radius 3 is 2.45 bits per heavy atom. The maximum Gasteiger partial charge on any atom is 0.243 e. The molecule has 2 amide bonds. The summed E-state index contributed by atoms with van der Waals surface area (Å²) in [4.78, 5) is 28.8. The van der Waals surface area contributed by atoms with E-state index in [0.717, 1.165) is 25.8 Å². The van der Waals surface area contributed by atoms with Gasteiger partial charge in [0, 0.05) is 38.3 Å². The van der Waals surface area contributed by atoms with Gasteiger partial charge in [-0.2, -0.15) is 4.31 Å². The lowest BCUT2D eigenvalue weighted by atomic mass is 10.1. The van der Waals surface area contributed by atoms with Gasteiger partial charge in [0.2, 0.25) is 21.8 Å². The molecule has 29 heavy (non-hydrogen) atoms. The Kier molecular flexibility index (Phi) is 6.92. The number of likely N-dealkylation sites (tertiary alicyclic amines) is 1. The fourth-order valence-corrected chi connectivity index (χ4v) is 5.29. The Morgan fingerprint density at radius 2 is 1.83 bits per heavy atom. The van der Waals surface area contributed by atoms with Crippen LogP contribution in [0.1, 0.15) is 25.7 Å². The predicted octanol–water partition coefficient (Wildman–Crippen LogP) is 1.21. The Morgan fingerprint density at radius 1 is 1.17 bits per heavy atom. The molecule has 2 fully saturated rings. The molecule has 2 aliphatic heterocycles. The highest BCUT2D eigenvalue weighted by molar-refractivity contribution is 7.89. The molecule has 1 unspecified atom stereocenters. The van der Waals surface area contributed by atoms with Crippen LogP contribution in [0.15, 0.2) is 29.2 Å². The number of rotatable bonds is 8. The highest BCUT2D eigenvalue weighted by atomic mass is 32.2. The van der Waals surface area contributed by atoms with Gasteiger partial charge in [0.05, 0.1) is 10.8 Å². The van der Waals surface area contributed by atoms with E-state index in [1.165, 1.54) is 16.4 Å². The minimum atomic E-state index is -3.46. The van der Waals surface area contributed by atoms with Gasteiger partial charge in [0.15, 0.2) is 0 Å². The van der Waals surface area contributed by atoms with Crippen molar-refractivity contribution in [3.8, 4) is 0 Å². The van der Waals surface area contributed by atoms with Crippen molar-refractivity contribution in [1.82, 2.24) is 14.1 Å². The van der Waals surface area contributed by atoms with E-state index in [-0.39, 0.29) is 29.0 Å². The summed E-state index contributed by atoms with van der Waals surface area (Å²) in [5.41, 5.74) is 0.536. The fourth-order valence-electron chi connectivity index (χ4n) is 3.77. The standard InChI is InChI=1S/C20H30N4O4S/c1-22(2)10-5-11-23-15-16(14-19(23)25)20(26)21-17-6-8-18(9-7-17)29(27,28)24-12-3-4-13-24/h6-9,16H,3-5,10-15H2,1-2H3,(H,21,26). The molecule has 2 heterocycles. The van der Waals surface area contributed by atoms with Gasteiger partial charge >= 0.3 is 0 Å². The Bertz CT molecular complexity index is 833. The minimum absolute atomic E-state index is 0.0101. The van der Waals surface area contributed by atoms with Crippen LogP contribution in [-0.4, -0.2) is 81.2 Å². The SMILES string of the molecule is CN(C)CCCN1CC(C(=O)Nc2ccc(S(=O)(=O)N3CCCC3)cc2)CC1=O. The smallest absolute Gasteiger partial charge is 0.243 e. The average Bonchev–Trinajstić information content (AvgIpc) is 3.33. The number of hydrogen-bond donors (Lipinski definition) is 1. The molecule has 0 spiro atoms. The number of carbonyl (C=O) groups excluding carboxylic acids is 2. The first kappa shape index (κ1) is 21.7. The summed E-state index contributed by atoms with van der Waals surface area (Å²) in [5, 5.41) is 2.81. The van der Waals surface area contributed by atoms with Crippen LogP contribution >= 0.6 is 0 Å². The minimum Gasteiger partial charge on any atom is -0.342 e. The molecule has 0 aliphatic carbocycles. The highest BCUT2D eigenvalue weighted by Gasteiger charge is 2.34. The second-order valence-electron chi connectivity index (χ2n) is 8.02. The van der Waals surface area contributed by atoms with Crippen LogP contribution in [0.4, 0.5) is 5.69 Å². The molecule has 0 bridgehead atoms. The topological polar surface area (TPSA) is 90.0 Å². The summed E-state index contributed by atoms with van der Waals surface area (Å²) in [6.07, 6.45) is 2.87. The lowest BCUT2D eigenvalue weighted by Crippen LogP contribution is -2.30. The third-order valence-electron chi connectivity index (χ3n) is 5.44. The number of hydrogen-bond acceptors (Lipinski definition) is 5. The van der Waals surface area contributed by atoms with E-state index in [1.54, 1.807) is 17.0 Å². The molecule has 0 radical (unpaired) electrons. The fraction of sp³-hybridized carbons (Fsp3) is 0.600. The molecule has 2 saturated heterocycles. The molecule has 0 saturated carbocycles. The van der Waals surface area contributed by atoms with Gasteiger partial charge in [0.1, 0.15) is 0 Å². The van der Waals surface area contributed by atoms with Crippen LogP contribution in [-0.2, 0) is 19.6 Å². The monoisotopic (exact) mass is 422 g/mol.